The van der Waals surface area contributed by atoms with Gasteiger partial charge < -0.3 is 24.0 Å². The molecule has 36 heavy (non-hydrogen) atoms. The maximum atomic E-state index is 13.6. The average Bonchev–Trinajstić information content (AvgIpc) is 3.27. The van der Waals surface area contributed by atoms with E-state index in [0.717, 1.165) is 28.8 Å². The van der Waals surface area contributed by atoms with Gasteiger partial charge in [0.15, 0.2) is 5.79 Å². The quantitative estimate of drug-likeness (QED) is 0.551. The van der Waals surface area contributed by atoms with Crippen LogP contribution in [0.15, 0.2) is 59.4 Å². The number of hydrogen-bond donors (Lipinski definition) is 1. The molecule has 2 saturated heterocycles. The number of aromatic nitrogens is 1. The number of aryl methyl sites for hydroxylation is 1. The maximum absolute atomic E-state index is 13.6. The molecular weight excluding hydrogens is 480 g/mol. The molecule has 2 fully saturated rings. The fraction of sp³-hybridized carbons (Fsp3) is 0.357. The summed E-state index contributed by atoms with van der Waals surface area (Å²) in [6.45, 7) is 1.81. The van der Waals surface area contributed by atoms with Gasteiger partial charge in [0.2, 0.25) is 0 Å². The second-order valence-electron chi connectivity index (χ2n) is 9.74. The Morgan fingerprint density at radius 3 is 2.58 bits per heavy atom. The molecule has 7 nitrogen and oxygen atoms in total. The lowest BCUT2D eigenvalue weighted by molar-refractivity contribution is -0.191. The number of carboxylic acid groups (broad SMARTS) is 1. The van der Waals surface area contributed by atoms with Crippen LogP contribution in [0.25, 0.3) is 22.4 Å². The van der Waals surface area contributed by atoms with Crippen molar-refractivity contribution in [3.8, 4) is 22.4 Å². The molecule has 6 rings (SSSR count). The number of piperidine rings is 1. The van der Waals surface area contributed by atoms with Gasteiger partial charge in [-0.1, -0.05) is 48.0 Å². The Hall–Kier alpha value is -3.13. The summed E-state index contributed by atoms with van der Waals surface area (Å²) < 4.78 is 14.5. The fourth-order valence-electron chi connectivity index (χ4n) is 5.72. The lowest BCUT2D eigenvalue weighted by Gasteiger charge is -2.36. The van der Waals surface area contributed by atoms with Gasteiger partial charge in [0.25, 0.3) is 5.56 Å². The maximum Gasteiger partial charge on any atom is 0.407 e. The summed E-state index contributed by atoms with van der Waals surface area (Å²) in [5.41, 5.74) is 5.63. The molecule has 1 amide bonds. The third kappa shape index (κ3) is 4.11. The largest absolute Gasteiger partial charge is 0.465 e. The van der Waals surface area contributed by atoms with Crippen LogP contribution in [0.3, 0.4) is 0 Å². The van der Waals surface area contributed by atoms with Crippen LogP contribution in [0.4, 0.5) is 4.79 Å². The highest BCUT2D eigenvalue weighted by molar-refractivity contribution is 6.30. The van der Waals surface area contributed by atoms with E-state index in [1.807, 2.05) is 59.2 Å². The molecule has 8 heteroatoms. The highest BCUT2D eigenvalue weighted by atomic mass is 35.5. The van der Waals surface area contributed by atoms with E-state index in [0.29, 0.717) is 56.1 Å². The van der Waals surface area contributed by atoms with Crippen LogP contribution in [-0.4, -0.2) is 52.3 Å². The number of carbonyl (C=O) groups is 1. The molecule has 3 aliphatic rings. The molecule has 2 aromatic carbocycles. The molecular formula is C28H27ClN2O5. The van der Waals surface area contributed by atoms with Crippen molar-refractivity contribution in [2.24, 2.45) is 0 Å². The van der Waals surface area contributed by atoms with E-state index < -0.39 is 11.9 Å². The zero-order valence-corrected chi connectivity index (χ0v) is 20.5. The van der Waals surface area contributed by atoms with Gasteiger partial charge in [0.1, 0.15) is 0 Å². The van der Waals surface area contributed by atoms with Gasteiger partial charge in [0.05, 0.1) is 18.4 Å². The van der Waals surface area contributed by atoms with Crippen LogP contribution in [0.5, 0.6) is 0 Å². The van der Waals surface area contributed by atoms with Crippen molar-refractivity contribution in [3.63, 3.8) is 0 Å². The predicted octanol–water partition coefficient (Wildman–Crippen LogP) is 4.82. The van der Waals surface area contributed by atoms with E-state index in [9.17, 15) is 14.7 Å². The molecule has 0 saturated carbocycles. The summed E-state index contributed by atoms with van der Waals surface area (Å²) in [4.78, 5) is 26.4. The monoisotopic (exact) mass is 506 g/mol. The Balaban J connectivity index is 1.38. The van der Waals surface area contributed by atoms with Gasteiger partial charge in [-0.3, -0.25) is 4.79 Å². The molecule has 1 aromatic heterocycles. The molecule has 4 heterocycles. The van der Waals surface area contributed by atoms with Gasteiger partial charge in [-0.25, -0.2) is 4.79 Å². The minimum absolute atomic E-state index is 0.00770. The summed E-state index contributed by atoms with van der Waals surface area (Å²) in [6.07, 6.45) is 1.25. The van der Waals surface area contributed by atoms with E-state index >= 15 is 0 Å². The van der Waals surface area contributed by atoms with Crippen molar-refractivity contribution in [1.82, 2.24) is 9.47 Å². The summed E-state index contributed by atoms with van der Waals surface area (Å²) in [5.74, 6) is -0.744. The summed E-state index contributed by atoms with van der Waals surface area (Å²) in [7, 11) is 0. The lowest BCUT2D eigenvalue weighted by Crippen LogP contribution is -2.47. The lowest BCUT2D eigenvalue weighted by atomic mass is 9.90. The zero-order valence-electron chi connectivity index (χ0n) is 19.8. The van der Waals surface area contributed by atoms with Crippen molar-refractivity contribution in [2.45, 2.75) is 44.1 Å². The van der Waals surface area contributed by atoms with Crippen LogP contribution in [0.1, 0.15) is 24.0 Å². The topological polar surface area (TPSA) is 81.0 Å². The Morgan fingerprint density at radius 2 is 1.83 bits per heavy atom. The molecule has 1 N–H and O–H groups in total. The molecule has 3 aliphatic heterocycles. The van der Waals surface area contributed by atoms with Gasteiger partial charge in [-0.2, -0.15) is 0 Å². The molecule has 0 aliphatic carbocycles. The van der Waals surface area contributed by atoms with E-state index in [-0.39, 0.29) is 11.7 Å². The number of amides is 1. The first kappa shape index (κ1) is 23.3. The minimum atomic E-state index is -0.911. The molecule has 1 spiro atoms. The van der Waals surface area contributed by atoms with E-state index in [4.69, 9.17) is 21.1 Å². The van der Waals surface area contributed by atoms with Gasteiger partial charge in [-0.05, 0) is 41.3 Å². The number of hydrogen-bond acceptors (Lipinski definition) is 4. The second kappa shape index (κ2) is 9.07. The zero-order chi connectivity index (χ0) is 24.9. The molecule has 0 radical (unpaired) electrons. The van der Waals surface area contributed by atoms with Crippen molar-refractivity contribution < 1.29 is 19.4 Å². The molecule has 1 unspecified atom stereocenters. The molecule has 1 atom stereocenters. The van der Waals surface area contributed by atoms with Gasteiger partial charge in [0, 0.05) is 55.0 Å². The van der Waals surface area contributed by atoms with Crippen molar-refractivity contribution in [1.29, 1.82) is 0 Å². The number of fused-ring (bicyclic) bond motifs is 3. The smallest absolute Gasteiger partial charge is 0.407 e. The second-order valence-corrected chi connectivity index (χ2v) is 10.2. The highest BCUT2D eigenvalue weighted by Crippen LogP contribution is 2.39. The van der Waals surface area contributed by atoms with Crippen LogP contribution in [0.2, 0.25) is 5.02 Å². The van der Waals surface area contributed by atoms with E-state index in [1.165, 1.54) is 10.5 Å². The number of halogens is 1. The molecule has 186 valence electrons. The SMILES string of the molecule is O=C(O)N1CCC2(CC1)OCC(Cc1cc(-c3ccccc3)c(=O)n3c1-c1cc(Cl)ccc1CC3)O2. The summed E-state index contributed by atoms with van der Waals surface area (Å²) in [5, 5.41) is 9.91. The van der Waals surface area contributed by atoms with E-state index in [2.05, 4.69) is 0 Å². The summed E-state index contributed by atoms with van der Waals surface area (Å²) in [6, 6.07) is 17.6. The molecule has 0 bridgehead atoms. The van der Waals surface area contributed by atoms with Gasteiger partial charge in [-0.15, -0.1) is 0 Å². The summed E-state index contributed by atoms with van der Waals surface area (Å²) >= 11 is 6.39. The Bertz CT molecular complexity index is 1380. The highest BCUT2D eigenvalue weighted by Gasteiger charge is 2.45. The van der Waals surface area contributed by atoms with Crippen molar-refractivity contribution >= 4 is 17.7 Å². The Labute approximate surface area is 213 Å². The van der Waals surface area contributed by atoms with Crippen LogP contribution in [0, 0.1) is 0 Å². The number of ether oxygens (including phenoxy) is 2. The van der Waals surface area contributed by atoms with Crippen molar-refractivity contribution in [2.75, 3.05) is 19.7 Å². The Kier molecular flexibility index (Phi) is 5.86. The van der Waals surface area contributed by atoms with E-state index in [1.54, 1.807) is 0 Å². The first-order valence-electron chi connectivity index (χ1n) is 12.3. The van der Waals surface area contributed by atoms with Crippen molar-refractivity contribution in [3.05, 3.63) is 81.1 Å². The molecule has 3 aromatic rings. The first-order valence-corrected chi connectivity index (χ1v) is 12.7. The third-order valence-electron chi connectivity index (χ3n) is 7.54. The van der Waals surface area contributed by atoms with Crippen LogP contribution in [-0.2, 0) is 28.9 Å². The average molecular weight is 507 g/mol. The number of nitrogens with zero attached hydrogens (tertiary/aromatic N) is 2. The number of pyridine rings is 1. The van der Waals surface area contributed by atoms with Crippen LogP contribution >= 0.6 is 11.6 Å². The van der Waals surface area contributed by atoms with Gasteiger partial charge >= 0.3 is 6.09 Å². The number of benzene rings is 2. The minimum Gasteiger partial charge on any atom is -0.465 e. The Morgan fingerprint density at radius 1 is 1.06 bits per heavy atom. The predicted molar refractivity (Wildman–Crippen MR) is 136 cm³/mol. The normalized spacial score (nSPS) is 20.2. The van der Waals surface area contributed by atoms with Crippen LogP contribution < -0.4 is 5.56 Å². The first-order chi connectivity index (χ1) is 17.4. The third-order valence-corrected chi connectivity index (χ3v) is 7.78. The number of rotatable bonds is 3. The standard InChI is InChI=1S/C28H27ClN2O5/c29-21-7-6-19-8-11-31-25(23(19)16-21)20(15-24(26(31)32)18-4-2-1-3-5-18)14-22-17-35-28(36-22)9-12-30(13-10-28)27(33)34/h1-7,15-16,22H,8-14,17H2,(H,33,34). The number of likely N-dealkylation sites (tertiary alicyclic amines) is 1. The fourth-order valence-corrected chi connectivity index (χ4v) is 5.89.